The lowest BCUT2D eigenvalue weighted by Gasteiger charge is -2.22. The normalized spacial score (nSPS) is 15.9. The van der Waals surface area contributed by atoms with Crippen molar-refractivity contribution in [3.63, 3.8) is 0 Å². The first-order chi connectivity index (χ1) is 10.9. The summed E-state index contributed by atoms with van der Waals surface area (Å²) in [5, 5.41) is -0.660. The Morgan fingerprint density at radius 1 is 1.25 bits per heavy atom. The van der Waals surface area contributed by atoms with Crippen LogP contribution in [0.1, 0.15) is 38.1 Å². The minimum Gasteiger partial charge on any atom is -0.468 e. The molecular weight excluding hydrogens is 351 g/mol. The SMILES string of the molecule is COC(=O)C(C)(C)c1cc(C(F)(F)F)nc(NS(=O)(=O)C2CC2)n1. The smallest absolute Gasteiger partial charge is 0.433 e. The summed E-state index contributed by atoms with van der Waals surface area (Å²) < 4.78 is 69.5. The minimum atomic E-state index is -4.83. The highest BCUT2D eigenvalue weighted by molar-refractivity contribution is 7.93. The van der Waals surface area contributed by atoms with Crippen LogP contribution in [0.2, 0.25) is 0 Å². The molecule has 0 aliphatic heterocycles. The van der Waals surface area contributed by atoms with E-state index in [0.29, 0.717) is 18.9 Å². The van der Waals surface area contributed by atoms with E-state index in [9.17, 15) is 26.4 Å². The third-order valence-electron chi connectivity index (χ3n) is 3.55. The highest BCUT2D eigenvalue weighted by atomic mass is 32.2. The molecule has 1 fully saturated rings. The van der Waals surface area contributed by atoms with Gasteiger partial charge in [0.1, 0.15) is 11.1 Å². The van der Waals surface area contributed by atoms with Crippen LogP contribution in [-0.2, 0) is 31.1 Å². The number of hydrogen-bond donors (Lipinski definition) is 1. The van der Waals surface area contributed by atoms with E-state index in [2.05, 4.69) is 14.7 Å². The van der Waals surface area contributed by atoms with Crippen molar-refractivity contribution in [2.24, 2.45) is 0 Å². The molecule has 11 heteroatoms. The lowest BCUT2D eigenvalue weighted by molar-refractivity contribution is -0.147. The number of methoxy groups -OCH3 is 1. The Morgan fingerprint density at radius 3 is 2.25 bits per heavy atom. The number of alkyl halides is 3. The molecule has 0 aromatic carbocycles. The zero-order chi connectivity index (χ0) is 18.3. The van der Waals surface area contributed by atoms with Gasteiger partial charge in [-0.25, -0.2) is 18.4 Å². The van der Waals surface area contributed by atoms with Crippen molar-refractivity contribution in [1.29, 1.82) is 0 Å². The summed E-state index contributed by atoms with van der Waals surface area (Å²) in [6, 6.07) is 0.603. The molecule has 7 nitrogen and oxygen atoms in total. The molecule has 0 amide bonds. The van der Waals surface area contributed by atoms with E-state index < -0.39 is 44.5 Å². The number of anilines is 1. The highest BCUT2D eigenvalue weighted by Gasteiger charge is 2.40. The third kappa shape index (κ3) is 3.77. The molecule has 1 aliphatic carbocycles. The van der Waals surface area contributed by atoms with Crippen LogP contribution in [0, 0.1) is 0 Å². The molecule has 1 aliphatic rings. The number of halogens is 3. The number of aromatic nitrogens is 2. The van der Waals surface area contributed by atoms with Gasteiger partial charge < -0.3 is 4.74 Å². The Morgan fingerprint density at radius 2 is 1.79 bits per heavy atom. The maximum absolute atomic E-state index is 13.0. The fourth-order valence-corrected chi connectivity index (χ4v) is 3.18. The van der Waals surface area contributed by atoms with Crippen molar-refractivity contribution in [3.8, 4) is 0 Å². The summed E-state index contributed by atoms with van der Waals surface area (Å²) in [4.78, 5) is 18.8. The summed E-state index contributed by atoms with van der Waals surface area (Å²) >= 11 is 0. The molecule has 1 aromatic heterocycles. The summed E-state index contributed by atoms with van der Waals surface area (Å²) in [5.41, 5.74) is -3.17. The zero-order valence-corrected chi connectivity index (χ0v) is 14.0. The molecular formula is C13H16F3N3O4S. The van der Waals surface area contributed by atoms with Gasteiger partial charge in [-0.3, -0.25) is 9.52 Å². The molecule has 0 bridgehead atoms. The Kier molecular flexibility index (Phi) is 4.51. The molecule has 2 rings (SSSR count). The summed E-state index contributed by atoms with van der Waals surface area (Å²) in [6.45, 7) is 2.64. The Hall–Kier alpha value is -1.91. The Bertz CT molecular complexity index is 758. The fourth-order valence-electron chi connectivity index (χ4n) is 1.91. The van der Waals surface area contributed by atoms with Gasteiger partial charge in [-0.1, -0.05) is 0 Å². The summed E-state index contributed by atoms with van der Waals surface area (Å²) in [7, 11) is -2.76. The fraction of sp³-hybridized carbons (Fsp3) is 0.615. The number of esters is 1. The summed E-state index contributed by atoms with van der Waals surface area (Å²) in [5.74, 6) is -1.53. The topological polar surface area (TPSA) is 98.2 Å². The van der Waals surface area contributed by atoms with Gasteiger partial charge in [0.05, 0.1) is 18.1 Å². The van der Waals surface area contributed by atoms with Crippen LogP contribution in [0.15, 0.2) is 6.07 Å². The first-order valence-corrected chi connectivity index (χ1v) is 8.49. The van der Waals surface area contributed by atoms with Crippen LogP contribution < -0.4 is 4.72 Å². The number of ether oxygens (including phenoxy) is 1. The van der Waals surface area contributed by atoms with Crippen LogP contribution >= 0.6 is 0 Å². The van der Waals surface area contributed by atoms with E-state index in [1.807, 2.05) is 4.72 Å². The van der Waals surface area contributed by atoms with Gasteiger partial charge >= 0.3 is 12.1 Å². The van der Waals surface area contributed by atoms with Crippen LogP contribution in [0.5, 0.6) is 0 Å². The van der Waals surface area contributed by atoms with Gasteiger partial charge in [0, 0.05) is 0 Å². The molecule has 1 saturated carbocycles. The van der Waals surface area contributed by atoms with Crippen molar-refractivity contribution in [2.45, 2.75) is 43.5 Å². The standard InChI is InChI=1S/C13H16F3N3O4S/c1-12(2,10(20)23-3)8-6-9(13(14,15)16)18-11(17-8)19-24(21,22)7-4-5-7/h6-7H,4-5H2,1-3H3,(H,17,18,19). The lowest BCUT2D eigenvalue weighted by Crippen LogP contribution is -2.32. The van der Waals surface area contributed by atoms with Crippen LogP contribution in [0.3, 0.4) is 0 Å². The Balaban J connectivity index is 2.51. The second-order valence-electron chi connectivity index (χ2n) is 5.92. The predicted octanol–water partition coefficient (Wildman–Crippen LogP) is 1.85. The van der Waals surface area contributed by atoms with Crippen molar-refractivity contribution >= 4 is 21.9 Å². The summed E-state index contributed by atoms with van der Waals surface area (Å²) in [6.07, 6.45) is -3.98. The predicted molar refractivity (Wildman–Crippen MR) is 77.6 cm³/mol. The van der Waals surface area contributed by atoms with Gasteiger partial charge in [-0.15, -0.1) is 0 Å². The van der Waals surface area contributed by atoms with E-state index in [0.717, 1.165) is 7.11 Å². The van der Waals surface area contributed by atoms with Gasteiger partial charge in [0.15, 0.2) is 0 Å². The second kappa shape index (κ2) is 5.87. The quantitative estimate of drug-likeness (QED) is 0.798. The van der Waals surface area contributed by atoms with E-state index in [1.165, 1.54) is 13.8 Å². The number of carbonyl (C=O) groups excluding carboxylic acids is 1. The van der Waals surface area contributed by atoms with Gasteiger partial charge in [-0.2, -0.15) is 13.2 Å². The Labute approximate surface area is 136 Å². The number of rotatable bonds is 5. The molecule has 1 N–H and O–H groups in total. The maximum Gasteiger partial charge on any atom is 0.433 e. The maximum atomic E-state index is 13.0. The van der Waals surface area contributed by atoms with Crippen molar-refractivity contribution in [3.05, 3.63) is 17.5 Å². The van der Waals surface area contributed by atoms with E-state index in [-0.39, 0.29) is 5.69 Å². The van der Waals surface area contributed by atoms with E-state index >= 15 is 0 Å². The number of nitrogens with zero attached hydrogens (tertiary/aromatic N) is 2. The van der Waals surface area contributed by atoms with Crippen molar-refractivity contribution in [1.82, 2.24) is 9.97 Å². The zero-order valence-electron chi connectivity index (χ0n) is 13.1. The largest absolute Gasteiger partial charge is 0.468 e. The highest BCUT2D eigenvalue weighted by Crippen LogP contribution is 2.33. The van der Waals surface area contributed by atoms with E-state index in [4.69, 9.17) is 0 Å². The van der Waals surface area contributed by atoms with Crippen LogP contribution in [0.25, 0.3) is 0 Å². The van der Waals surface area contributed by atoms with Crippen molar-refractivity contribution < 1.29 is 31.1 Å². The molecule has 0 spiro atoms. The van der Waals surface area contributed by atoms with Gasteiger partial charge in [0.25, 0.3) is 0 Å². The van der Waals surface area contributed by atoms with Gasteiger partial charge in [0.2, 0.25) is 16.0 Å². The second-order valence-corrected chi connectivity index (χ2v) is 7.88. The van der Waals surface area contributed by atoms with Crippen molar-refractivity contribution in [2.75, 3.05) is 11.8 Å². The molecule has 1 heterocycles. The van der Waals surface area contributed by atoms with Crippen LogP contribution in [-0.4, -0.2) is 36.7 Å². The number of hydrogen-bond acceptors (Lipinski definition) is 6. The molecule has 0 unspecified atom stereocenters. The average Bonchev–Trinajstić information content (AvgIpc) is 3.29. The monoisotopic (exact) mass is 367 g/mol. The lowest BCUT2D eigenvalue weighted by atomic mass is 9.89. The number of sulfonamides is 1. The molecule has 24 heavy (non-hydrogen) atoms. The molecule has 1 aromatic rings. The van der Waals surface area contributed by atoms with Gasteiger partial charge in [-0.05, 0) is 32.8 Å². The van der Waals surface area contributed by atoms with Crippen LogP contribution in [0.4, 0.5) is 19.1 Å². The van der Waals surface area contributed by atoms with E-state index in [1.54, 1.807) is 0 Å². The molecule has 0 atom stereocenters. The minimum absolute atomic E-state index is 0.301. The number of carbonyl (C=O) groups is 1. The molecule has 0 saturated heterocycles. The third-order valence-corrected chi connectivity index (χ3v) is 5.37. The molecule has 134 valence electrons. The molecule has 0 radical (unpaired) electrons. The average molecular weight is 367 g/mol. The first-order valence-electron chi connectivity index (χ1n) is 6.94. The first kappa shape index (κ1) is 18.4. The number of nitrogens with one attached hydrogen (secondary N) is 1.